The maximum atomic E-state index is 12.2. The van der Waals surface area contributed by atoms with Gasteiger partial charge in [-0.15, -0.1) is 0 Å². The summed E-state index contributed by atoms with van der Waals surface area (Å²) in [5, 5.41) is 8.90. The molecule has 1 N–H and O–H groups in total. The maximum Gasteiger partial charge on any atom is 0.323 e. The van der Waals surface area contributed by atoms with E-state index >= 15 is 0 Å². The molecule has 1 fully saturated rings. The zero-order valence-electron chi connectivity index (χ0n) is 12.1. The lowest BCUT2D eigenvalue weighted by molar-refractivity contribution is -0.145. The minimum absolute atomic E-state index is 0.00356. The summed E-state index contributed by atoms with van der Waals surface area (Å²) in [6.07, 6.45) is 6.41. The number of carboxylic acid groups (broad SMARTS) is 1. The van der Waals surface area contributed by atoms with Crippen molar-refractivity contribution in [3.8, 4) is 0 Å². The zero-order valence-corrected chi connectivity index (χ0v) is 12.1. The Hall–Kier alpha value is -1.10. The van der Waals surface area contributed by atoms with E-state index in [-0.39, 0.29) is 12.5 Å². The smallest absolute Gasteiger partial charge is 0.323 e. The molecule has 0 unspecified atom stereocenters. The van der Waals surface area contributed by atoms with Crippen molar-refractivity contribution in [3.63, 3.8) is 0 Å². The fraction of sp³-hybridized carbons (Fsp3) is 0.857. The lowest BCUT2D eigenvalue weighted by Gasteiger charge is -2.26. The normalized spacial score (nSPS) is 16.6. The highest BCUT2D eigenvalue weighted by atomic mass is 16.4. The highest BCUT2D eigenvalue weighted by Crippen LogP contribution is 2.26. The topological polar surface area (TPSA) is 60.9 Å². The Bertz CT molecular complexity index is 299. The van der Waals surface area contributed by atoms with Crippen LogP contribution in [0.15, 0.2) is 0 Å². The van der Waals surface area contributed by atoms with E-state index in [2.05, 4.69) is 0 Å². The van der Waals surface area contributed by atoms with Crippen LogP contribution in [0.4, 0.5) is 0 Å². The van der Waals surface area contributed by atoms with Crippen LogP contribution in [0.3, 0.4) is 0 Å². The molecule has 1 rings (SSSR count). The predicted molar refractivity (Wildman–Crippen MR) is 74.0 cm³/mol. The third-order valence-corrected chi connectivity index (χ3v) is 3.68. The van der Waals surface area contributed by atoms with Crippen molar-refractivity contribution in [2.24, 2.45) is 5.92 Å². The van der Waals surface area contributed by atoms with E-state index in [9.17, 15) is 9.59 Å². The standard InChI is InChI=1S/C14H26N2O3/c1-15(2)8-9-16(11-14(18)19)13(17)10-12-6-4-3-5-7-12/h12H,3-11H2,1-2H3,(H,18,19). The van der Waals surface area contributed by atoms with Crippen LogP contribution >= 0.6 is 0 Å². The van der Waals surface area contributed by atoms with Gasteiger partial charge in [-0.25, -0.2) is 0 Å². The van der Waals surface area contributed by atoms with Crippen LogP contribution in [0, 0.1) is 5.92 Å². The predicted octanol–water partition coefficient (Wildman–Crippen LogP) is 1.43. The van der Waals surface area contributed by atoms with Crippen molar-refractivity contribution in [1.82, 2.24) is 9.80 Å². The molecule has 0 aromatic rings. The van der Waals surface area contributed by atoms with Crippen molar-refractivity contribution in [3.05, 3.63) is 0 Å². The molecule has 19 heavy (non-hydrogen) atoms. The van der Waals surface area contributed by atoms with Crippen LogP contribution in [0.5, 0.6) is 0 Å². The molecule has 5 heteroatoms. The Balaban J connectivity index is 2.46. The Morgan fingerprint density at radius 1 is 1.11 bits per heavy atom. The second-order valence-electron chi connectivity index (χ2n) is 5.72. The van der Waals surface area contributed by atoms with E-state index < -0.39 is 5.97 Å². The zero-order chi connectivity index (χ0) is 14.3. The SMILES string of the molecule is CN(C)CCN(CC(=O)O)C(=O)CC1CCCCC1. The average Bonchev–Trinajstić information content (AvgIpc) is 2.35. The molecule has 0 aromatic heterocycles. The minimum atomic E-state index is -0.934. The van der Waals surface area contributed by atoms with Crippen LogP contribution in [-0.2, 0) is 9.59 Å². The number of nitrogens with zero attached hydrogens (tertiary/aromatic N) is 2. The summed E-state index contributed by atoms with van der Waals surface area (Å²) in [4.78, 5) is 26.5. The van der Waals surface area contributed by atoms with Crippen LogP contribution in [0.2, 0.25) is 0 Å². The molecule has 1 aliphatic carbocycles. The van der Waals surface area contributed by atoms with Crippen molar-refractivity contribution in [2.75, 3.05) is 33.7 Å². The molecule has 1 amide bonds. The Labute approximate surface area is 115 Å². The lowest BCUT2D eigenvalue weighted by Crippen LogP contribution is -2.40. The summed E-state index contributed by atoms with van der Waals surface area (Å²) in [5.41, 5.74) is 0. The number of hydrogen-bond acceptors (Lipinski definition) is 3. The van der Waals surface area contributed by atoms with E-state index in [1.54, 1.807) is 0 Å². The number of carbonyl (C=O) groups is 2. The quantitative estimate of drug-likeness (QED) is 0.760. The van der Waals surface area contributed by atoms with Gasteiger partial charge in [0.25, 0.3) is 0 Å². The van der Waals surface area contributed by atoms with Gasteiger partial charge in [0.2, 0.25) is 5.91 Å². The Kier molecular flexibility index (Phi) is 6.84. The van der Waals surface area contributed by atoms with Gasteiger partial charge in [0, 0.05) is 19.5 Å². The van der Waals surface area contributed by atoms with Gasteiger partial charge in [-0.3, -0.25) is 9.59 Å². The van der Waals surface area contributed by atoms with Crippen molar-refractivity contribution >= 4 is 11.9 Å². The molecule has 0 heterocycles. The molecule has 5 nitrogen and oxygen atoms in total. The molecule has 110 valence electrons. The molecule has 1 aliphatic rings. The van der Waals surface area contributed by atoms with Gasteiger partial charge in [-0.05, 0) is 32.9 Å². The van der Waals surface area contributed by atoms with Crippen LogP contribution in [0.1, 0.15) is 38.5 Å². The summed E-state index contributed by atoms with van der Waals surface area (Å²) < 4.78 is 0. The highest BCUT2D eigenvalue weighted by Gasteiger charge is 2.22. The molecule has 0 aliphatic heterocycles. The number of aliphatic carboxylic acids is 1. The fourth-order valence-corrected chi connectivity index (χ4v) is 2.54. The highest BCUT2D eigenvalue weighted by molar-refractivity contribution is 5.81. The Morgan fingerprint density at radius 2 is 1.74 bits per heavy atom. The van der Waals surface area contributed by atoms with Gasteiger partial charge in [0.15, 0.2) is 0 Å². The molecule has 0 aromatic carbocycles. The fourth-order valence-electron chi connectivity index (χ4n) is 2.54. The molecular weight excluding hydrogens is 244 g/mol. The minimum Gasteiger partial charge on any atom is -0.480 e. The van der Waals surface area contributed by atoms with Gasteiger partial charge < -0.3 is 14.9 Å². The second-order valence-corrected chi connectivity index (χ2v) is 5.72. The number of rotatable bonds is 7. The van der Waals surface area contributed by atoms with Crippen molar-refractivity contribution in [1.29, 1.82) is 0 Å². The number of carbonyl (C=O) groups excluding carboxylic acids is 1. The largest absolute Gasteiger partial charge is 0.480 e. The van der Waals surface area contributed by atoms with E-state index in [0.717, 1.165) is 12.8 Å². The van der Waals surface area contributed by atoms with Gasteiger partial charge in [-0.1, -0.05) is 19.3 Å². The maximum absolute atomic E-state index is 12.2. The van der Waals surface area contributed by atoms with Gasteiger partial charge in [0.05, 0.1) is 0 Å². The van der Waals surface area contributed by atoms with Crippen LogP contribution in [-0.4, -0.2) is 60.5 Å². The molecule has 0 radical (unpaired) electrons. The summed E-state index contributed by atoms with van der Waals surface area (Å²) >= 11 is 0. The number of likely N-dealkylation sites (N-methyl/N-ethyl adjacent to an activating group) is 1. The molecule has 0 spiro atoms. The monoisotopic (exact) mass is 270 g/mol. The van der Waals surface area contributed by atoms with Crippen molar-refractivity contribution in [2.45, 2.75) is 38.5 Å². The van der Waals surface area contributed by atoms with Crippen molar-refractivity contribution < 1.29 is 14.7 Å². The van der Waals surface area contributed by atoms with Crippen LogP contribution in [0.25, 0.3) is 0 Å². The summed E-state index contributed by atoms with van der Waals surface area (Å²) in [6, 6.07) is 0. The average molecular weight is 270 g/mol. The van der Waals surface area contributed by atoms with Gasteiger partial charge in [0.1, 0.15) is 6.54 Å². The second kappa shape index (κ2) is 8.15. The molecule has 1 saturated carbocycles. The number of amides is 1. The summed E-state index contributed by atoms with van der Waals surface area (Å²) in [5.74, 6) is -0.483. The summed E-state index contributed by atoms with van der Waals surface area (Å²) in [6.45, 7) is 1.01. The summed E-state index contributed by atoms with van der Waals surface area (Å²) in [7, 11) is 3.84. The molecule has 0 atom stereocenters. The van der Waals surface area contributed by atoms with Gasteiger partial charge in [-0.2, -0.15) is 0 Å². The first-order valence-electron chi connectivity index (χ1n) is 7.13. The first-order valence-corrected chi connectivity index (χ1v) is 7.13. The lowest BCUT2D eigenvalue weighted by atomic mass is 9.86. The van der Waals surface area contributed by atoms with Crippen LogP contribution < -0.4 is 0 Å². The van der Waals surface area contributed by atoms with Gasteiger partial charge >= 0.3 is 5.97 Å². The molecular formula is C14H26N2O3. The van der Waals surface area contributed by atoms with E-state index in [4.69, 9.17) is 5.11 Å². The molecule has 0 saturated heterocycles. The first kappa shape index (κ1) is 16.0. The number of hydrogen-bond donors (Lipinski definition) is 1. The first-order chi connectivity index (χ1) is 8.99. The molecule has 0 bridgehead atoms. The third kappa shape index (κ3) is 6.57. The third-order valence-electron chi connectivity index (χ3n) is 3.68. The van der Waals surface area contributed by atoms with E-state index in [0.29, 0.717) is 25.4 Å². The van der Waals surface area contributed by atoms with E-state index in [1.807, 2.05) is 19.0 Å². The Morgan fingerprint density at radius 3 is 2.26 bits per heavy atom. The van der Waals surface area contributed by atoms with E-state index in [1.165, 1.54) is 24.2 Å². The number of carboxylic acids is 1.